The molecule has 5 fully saturated rings. The summed E-state index contributed by atoms with van der Waals surface area (Å²) >= 11 is 0. The molecule has 40 heavy (non-hydrogen) atoms. The minimum absolute atomic E-state index is 0.000563. The van der Waals surface area contributed by atoms with E-state index >= 15 is 0 Å². The van der Waals surface area contributed by atoms with Gasteiger partial charge in [0, 0.05) is 23.9 Å². The molecule has 1 aromatic carbocycles. The number of benzene rings is 1. The van der Waals surface area contributed by atoms with Gasteiger partial charge in [0.05, 0.1) is 23.7 Å². The number of likely N-dealkylation sites (tertiary alicyclic amines) is 2. The van der Waals surface area contributed by atoms with Crippen LogP contribution in [0.25, 0.3) is 5.57 Å². The maximum Gasteiger partial charge on any atom is 0.234 e. The van der Waals surface area contributed by atoms with Crippen LogP contribution >= 0.6 is 0 Å². The van der Waals surface area contributed by atoms with Gasteiger partial charge < -0.3 is 0 Å². The van der Waals surface area contributed by atoms with Crippen LogP contribution in [0.15, 0.2) is 48.1 Å². The molecule has 6 heteroatoms. The molecule has 0 radical (unpaired) electrons. The molecule has 8 aliphatic rings. The number of fused-ring (bicyclic) bond motifs is 1. The van der Waals surface area contributed by atoms with E-state index in [2.05, 4.69) is 24.3 Å². The average Bonchev–Trinajstić information content (AvgIpc) is 3.43. The molecule has 2 bridgehead atoms. The summed E-state index contributed by atoms with van der Waals surface area (Å²) in [4.78, 5) is 59.8. The van der Waals surface area contributed by atoms with Gasteiger partial charge in [-0.05, 0) is 49.2 Å². The van der Waals surface area contributed by atoms with E-state index in [1.54, 1.807) is 9.80 Å². The SMILES string of the molecule is O=C1[C@@H]2[C@@H](C(=O)N1C1CCCCC1)[C@H]1C=C[C@@H]2C2=C(c3ccccc3)C[C@H]3C(=O)N(C4CCCCC4)C(=O)[C@@H]3[C@@H]21. The first-order valence-corrected chi connectivity index (χ1v) is 15.8. The van der Waals surface area contributed by atoms with E-state index in [9.17, 15) is 19.2 Å². The highest BCUT2D eigenvalue weighted by atomic mass is 16.2. The molecule has 7 atom stereocenters. The van der Waals surface area contributed by atoms with Crippen molar-refractivity contribution in [2.75, 3.05) is 0 Å². The van der Waals surface area contributed by atoms with Gasteiger partial charge in [-0.15, -0.1) is 0 Å². The number of carbonyl (C=O) groups is 4. The molecule has 0 spiro atoms. The van der Waals surface area contributed by atoms with Crippen molar-refractivity contribution in [1.29, 1.82) is 0 Å². The van der Waals surface area contributed by atoms with Crippen LogP contribution in [0.5, 0.6) is 0 Å². The van der Waals surface area contributed by atoms with Crippen LogP contribution in [0.3, 0.4) is 0 Å². The first-order valence-electron chi connectivity index (χ1n) is 15.8. The van der Waals surface area contributed by atoms with Gasteiger partial charge in [0.15, 0.2) is 0 Å². The minimum Gasteiger partial charge on any atom is -0.279 e. The van der Waals surface area contributed by atoms with Gasteiger partial charge >= 0.3 is 0 Å². The summed E-state index contributed by atoms with van der Waals surface area (Å²) < 4.78 is 0. The van der Waals surface area contributed by atoms with Crippen LogP contribution in [0.4, 0.5) is 0 Å². The standard InChI is InChI=1S/C34H38N2O4/c37-31-25-18-24(19-10-4-1-5-11-19)26-22-16-17-23(27(26)30(25)34(40)35(31)20-12-6-2-7-13-20)29-28(22)32(38)36(33(29)39)21-14-8-3-9-15-21/h1,4-5,10-11,16-17,20-23,25,27-30H,2-3,6-9,12-15,18H2/t22-,23+,25-,27-,28+,29+,30+/m1/s1. The molecule has 6 nitrogen and oxygen atoms in total. The zero-order valence-corrected chi connectivity index (χ0v) is 23.0. The lowest BCUT2D eigenvalue weighted by atomic mass is 9.49. The molecule has 0 N–H and O–H groups in total. The molecule has 6 aliphatic carbocycles. The zero-order valence-electron chi connectivity index (χ0n) is 23.0. The van der Waals surface area contributed by atoms with E-state index in [0.717, 1.165) is 68.9 Å². The molecular formula is C34H38N2O4. The Morgan fingerprint density at radius 3 is 1.80 bits per heavy atom. The second-order valence-corrected chi connectivity index (χ2v) is 13.4. The second-order valence-electron chi connectivity index (χ2n) is 13.4. The quantitative estimate of drug-likeness (QED) is 0.394. The molecular weight excluding hydrogens is 500 g/mol. The molecule has 9 rings (SSSR count). The summed E-state index contributed by atoms with van der Waals surface area (Å²) in [5.74, 6) is -2.26. The minimum atomic E-state index is -0.429. The van der Waals surface area contributed by atoms with E-state index in [1.165, 1.54) is 12.0 Å². The highest BCUT2D eigenvalue weighted by Crippen LogP contribution is 2.63. The van der Waals surface area contributed by atoms with E-state index < -0.39 is 11.8 Å². The number of rotatable bonds is 3. The Bertz CT molecular complexity index is 1330. The Labute approximate surface area is 235 Å². The monoisotopic (exact) mass is 538 g/mol. The van der Waals surface area contributed by atoms with Crippen molar-refractivity contribution in [3.05, 3.63) is 53.6 Å². The first-order chi connectivity index (χ1) is 19.6. The Hall–Kier alpha value is -3.02. The third-order valence-electron chi connectivity index (χ3n) is 11.6. The maximum atomic E-state index is 14.3. The molecule has 4 amide bonds. The number of hydrogen-bond acceptors (Lipinski definition) is 4. The summed E-state index contributed by atoms with van der Waals surface area (Å²) in [6.45, 7) is 0. The van der Waals surface area contributed by atoms with Crippen molar-refractivity contribution in [2.24, 2.45) is 41.4 Å². The average molecular weight is 539 g/mol. The fourth-order valence-electron chi connectivity index (χ4n) is 9.96. The van der Waals surface area contributed by atoms with Crippen LogP contribution in [0.2, 0.25) is 0 Å². The zero-order chi connectivity index (χ0) is 27.1. The van der Waals surface area contributed by atoms with Crippen molar-refractivity contribution in [2.45, 2.75) is 82.7 Å². The third-order valence-corrected chi connectivity index (χ3v) is 11.6. The van der Waals surface area contributed by atoms with E-state index in [-0.39, 0.29) is 65.3 Å². The Balaban J connectivity index is 1.24. The predicted molar refractivity (Wildman–Crippen MR) is 149 cm³/mol. The van der Waals surface area contributed by atoms with Crippen LogP contribution in [-0.4, -0.2) is 45.5 Å². The summed E-state index contributed by atoms with van der Waals surface area (Å²) in [5, 5.41) is 0. The fraction of sp³-hybridized carbons (Fsp3) is 0.588. The van der Waals surface area contributed by atoms with Crippen molar-refractivity contribution in [3.63, 3.8) is 0 Å². The highest BCUT2D eigenvalue weighted by molar-refractivity contribution is 6.09. The molecule has 0 aromatic heterocycles. The normalized spacial score (nSPS) is 37.9. The van der Waals surface area contributed by atoms with Gasteiger partial charge in [-0.3, -0.25) is 29.0 Å². The molecule has 2 saturated heterocycles. The Kier molecular flexibility index (Phi) is 5.72. The third kappa shape index (κ3) is 3.34. The second kappa shape index (κ2) is 9.25. The summed E-state index contributed by atoms with van der Waals surface area (Å²) in [7, 11) is 0. The van der Waals surface area contributed by atoms with Crippen molar-refractivity contribution >= 4 is 29.2 Å². The fourth-order valence-corrected chi connectivity index (χ4v) is 9.96. The molecule has 208 valence electrons. The van der Waals surface area contributed by atoms with Gasteiger partial charge in [0.1, 0.15) is 0 Å². The summed E-state index contributed by atoms with van der Waals surface area (Å²) in [6, 6.07) is 10.2. The molecule has 1 aromatic rings. The number of carbonyl (C=O) groups excluding carboxylic acids is 4. The Morgan fingerprint density at radius 2 is 1.15 bits per heavy atom. The lowest BCUT2D eigenvalue weighted by molar-refractivity contribution is -0.145. The van der Waals surface area contributed by atoms with Gasteiger partial charge in [-0.25, -0.2) is 0 Å². The van der Waals surface area contributed by atoms with Gasteiger partial charge in [-0.2, -0.15) is 0 Å². The number of nitrogens with zero attached hydrogens (tertiary/aromatic N) is 2. The van der Waals surface area contributed by atoms with Gasteiger partial charge in [0.2, 0.25) is 23.6 Å². The Morgan fingerprint density at radius 1 is 0.575 bits per heavy atom. The molecule has 3 saturated carbocycles. The van der Waals surface area contributed by atoms with Crippen LogP contribution in [-0.2, 0) is 19.2 Å². The number of allylic oxidation sites excluding steroid dienone is 4. The molecule has 2 heterocycles. The highest BCUT2D eigenvalue weighted by Gasteiger charge is 2.67. The lowest BCUT2D eigenvalue weighted by Gasteiger charge is -2.51. The number of imide groups is 2. The predicted octanol–water partition coefficient (Wildman–Crippen LogP) is 5.14. The number of hydrogen-bond donors (Lipinski definition) is 0. The van der Waals surface area contributed by atoms with E-state index in [1.807, 2.05) is 18.2 Å². The van der Waals surface area contributed by atoms with Crippen LogP contribution < -0.4 is 0 Å². The summed E-state index contributed by atoms with van der Waals surface area (Å²) in [5.41, 5.74) is 3.38. The van der Waals surface area contributed by atoms with Gasteiger partial charge in [0.25, 0.3) is 0 Å². The number of amides is 4. The van der Waals surface area contributed by atoms with Crippen molar-refractivity contribution < 1.29 is 19.2 Å². The molecule has 0 unspecified atom stereocenters. The van der Waals surface area contributed by atoms with E-state index in [4.69, 9.17) is 0 Å². The smallest absolute Gasteiger partial charge is 0.234 e. The van der Waals surface area contributed by atoms with Crippen molar-refractivity contribution in [3.8, 4) is 0 Å². The first kappa shape index (κ1) is 24.8. The molecule has 2 aliphatic heterocycles. The largest absolute Gasteiger partial charge is 0.279 e. The van der Waals surface area contributed by atoms with E-state index in [0.29, 0.717) is 6.42 Å². The topological polar surface area (TPSA) is 74.8 Å². The van der Waals surface area contributed by atoms with Crippen molar-refractivity contribution in [1.82, 2.24) is 9.80 Å². The summed E-state index contributed by atoms with van der Waals surface area (Å²) in [6.07, 6.45) is 15.0. The maximum absolute atomic E-state index is 14.3. The van der Waals surface area contributed by atoms with Crippen LogP contribution in [0, 0.1) is 41.4 Å². The van der Waals surface area contributed by atoms with Crippen LogP contribution in [0.1, 0.15) is 76.2 Å². The van der Waals surface area contributed by atoms with Gasteiger partial charge in [-0.1, -0.05) is 86.6 Å². The lowest BCUT2D eigenvalue weighted by Crippen LogP contribution is -2.51.